The summed E-state index contributed by atoms with van der Waals surface area (Å²) in [5.74, 6) is 6.35. The van der Waals surface area contributed by atoms with Gasteiger partial charge in [-0.2, -0.15) is 11.8 Å². The number of carbonyl (C=O) groups excluding carboxylic acids is 8. The smallest absolute Gasteiger partial charge is 0.337 e. The van der Waals surface area contributed by atoms with Crippen LogP contribution in [0.2, 0.25) is 0 Å². The minimum atomic E-state index is -0.618. The molecular formula is C98H85BBr2ClN6O19S. The molecule has 18 rings (SSSR count). The van der Waals surface area contributed by atoms with Crippen molar-refractivity contribution in [2.24, 2.45) is 0 Å². The number of halogens is 3. The standard InChI is InChI=1S/C23H19NO5.C22H18N2O5.C15H12BrNO2.C13H9NO2.C13H11NO.C8H8O3.C2H2BrClO.C2H6S.B/c1-27-23(26)16-10-12-18(13-11-16)28-15-22(25)24-14-17-6-2-4-8-20(17)29-21-9-5-3-7-19(21)24;25-21(14-28-17-11-9-15(10-12-17)22(26)23-27)24-13-16-5-1-3-7-19(16)29-20-8-4-2-6-18(20)24;16-9-15(18)17-10-11-5-1-3-7-13(11)19-14-8-4-2-6-12(14)17;15-13-9-5-1-3-7-11(9)16-12-8-4-2-6-10(12)14-13;1-3-7-12-10(5-1)9-14-11-6-2-4-8-13(11)15-12;1-11-8(10)6-2-4-7(9)5-3-6;3-1-2(4)5;1-3-2;/h2-13H,14-15H2,1H3;1-12,27H,13-14H2,(H,23,26);1-8H,9-10H2;1-8H,(H,14,15);1-8,14H,9H2;2-5,9H,1H3;1H2;1-2H3;. The van der Waals surface area contributed by atoms with Gasteiger partial charge in [-0.1, -0.05) is 177 Å². The predicted molar refractivity (Wildman–Crippen MR) is 501 cm³/mol. The molecule has 0 saturated heterocycles. The van der Waals surface area contributed by atoms with Gasteiger partial charge in [0.2, 0.25) is 11.1 Å². The van der Waals surface area contributed by atoms with Crippen LogP contribution in [0.3, 0.4) is 0 Å². The van der Waals surface area contributed by atoms with Crippen molar-refractivity contribution in [3.63, 3.8) is 0 Å². The van der Waals surface area contributed by atoms with Crippen LogP contribution in [-0.4, -0.2) is 116 Å². The number of phenolic OH excluding ortho intramolecular Hbond substituents is 1. The van der Waals surface area contributed by atoms with Crippen LogP contribution in [0.5, 0.6) is 74.7 Å². The molecule has 651 valence electrons. The number of fused-ring (bicyclic) bond motifs is 10. The van der Waals surface area contributed by atoms with E-state index >= 15 is 0 Å². The number of rotatable bonds is 11. The number of nitrogens with zero attached hydrogens (tertiary/aromatic N) is 3. The van der Waals surface area contributed by atoms with Crippen molar-refractivity contribution in [3.05, 3.63) is 360 Å². The van der Waals surface area contributed by atoms with E-state index in [2.05, 4.69) is 58.0 Å². The van der Waals surface area contributed by atoms with Crippen molar-refractivity contribution in [2.45, 2.75) is 26.2 Å². The average Bonchev–Trinajstić information content (AvgIpc) is 1.66. The molecular weight excluding hydrogens is 1800 g/mol. The number of nitrogens with one attached hydrogen (secondary N) is 3. The maximum Gasteiger partial charge on any atom is 0.337 e. The van der Waals surface area contributed by atoms with E-state index in [4.69, 9.17) is 55.1 Å². The maximum atomic E-state index is 13.0. The summed E-state index contributed by atoms with van der Waals surface area (Å²) < 4.78 is 49.8. The van der Waals surface area contributed by atoms with Gasteiger partial charge < -0.3 is 73.1 Å². The molecule has 0 spiro atoms. The molecule has 5 amide bonds. The first-order chi connectivity index (χ1) is 61.8. The van der Waals surface area contributed by atoms with Crippen LogP contribution >= 0.6 is 55.2 Å². The summed E-state index contributed by atoms with van der Waals surface area (Å²) in [6.45, 7) is 1.77. The highest BCUT2D eigenvalue weighted by Gasteiger charge is 2.29. The Morgan fingerprint density at radius 3 is 1.12 bits per heavy atom. The number of phenols is 1. The molecule has 13 aromatic carbocycles. The number of aromatic hydroxyl groups is 1. The third kappa shape index (κ3) is 26.6. The second kappa shape index (κ2) is 48.8. The molecule has 3 radical (unpaired) electrons. The average molecular weight is 1890 g/mol. The number of hydrogen-bond acceptors (Lipinski definition) is 21. The second-order valence-corrected chi connectivity index (χ2v) is 29.6. The summed E-state index contributed by atoms with van der Waals surface area (Å²) in [6, 6.07) is 94.5. The number of methoxy groups -OCH3 is 2. The van der Waals surface area contributed by atoms with Crippen molar-refractivity contribution in [3.8, 4) is 74.7 Å². The lowest BCUT2D eigenvalue weighted by molar-refractivity contribution is -0.121. The Labute approximate surface area is 767 Å². The zero-order valence-corrected chi connectivity index (χ0v) is 74.2. The third-order valence-corrected chi connectivity index (χ3v) is 20.1. The Morgan fingerprint density at radius 1 is 0.406 bits per heavy atom. The number of hydroxylamine groups is 1. The highest BCUT2D eigenvalue weighted by molar-refractivity contribution is 9.09. The Kier molecular flexibility index (Phi) is 36.5. The zero-order valence-electron chi connectivity index (χ0n) is 69.5. The summed E-state index contributed by atoms with van der Waals surface area (Å²) in [7, 11) is 2.64. The minimum absolute atomic E-state index is 0. The van der Waals surface area contributed by atoms with Crippen LogP contribution in [0.1, 0.15) is 63.7 Å². The molecule has 0 fully saturated rings. The lowest BCUT2D eigenvalue weighted by Crippen LogP contribution is -2.34. The number of amides is 5. The highest BCUT2D eigenvalue weighted by Crippen LogP contribution is 2.43. The van der Waals surface area contributed by atoms with E-state index < -0.39 is 17.8 Å². The number of thioether (sulfide) groups is 1. The fourth-order valence-electron chi connectivity index (χ4n) is 12.6. The number of alkyl halides is 2. The van der Waals surface area contributed by atoms with Crippen molar-refractivity contribution >= 4 is 139 Å². The maximum absolute atomic E-state index is 13.0. The molecule has 0 aliphatic carbocycles. The molecule has 5 aliphatic heterocycles. The van der Waals surface area contributed by atoms with Gasteiger partial charge in [0, 0.05) is 42.8 Å². The van der Waals surface area contributed by atoms with Gasteiger partial charge >= 0.3 is 11.9 Å². The van der Waals surface area contributed by atoms with Crippen LogP contribution in [0.25, 0.3) is 0 Å². The van der Waals surface area contributed by atoms with Crippen LogP contribution < -0.4 is 64.0 Å². The van der Waals surface area contributed by atoms with E-state index in [0.717, 1.165) is 57.6 Å². The van der Waals surface area contributed by atoms with Crippen LogP contribution in [0.15, 0.2) is 315 Å². The van der Waals surface area contributed by atoms with Gasteiger partial charge in [0.05, 0.1) is 89.6 Å². The van der Waals surface area contributed by atoms with E-state index in [-0.39, 0.29) is 67.1 Å². The molecule has 0 unspecified atom stereocenters. The van der Waals surface area contributed by atoms with E-state index in [9.17, 15) is 38.4 Å². The minimum Gasteiger partial charge on any atom is -0.508 e. The summed E-state index contributed by atoms with van der Waals surface area (Å²) >= 11 is 12.6. The molecule has 0 saturated carbocycles. The molecule has 5 N–H and O–H groups in total. The molecule has 0 bridgehead atoms. The van der Waals surface area contributed by atoms with Gasteiger partial charge in [0.15, 0.2) is 42.0 Å². The lowest BCUT2D eigenvalue weighted by Gasteiger charge is -2.22. The second-order valence-electron chi connectivity index (χ2n) is 27.2. The van der Waals surface area contributed by atoms with Gasteiger partial charge in [-0.25, -0.2) is 15.1 Å². The van der Waals surface area contributed by atoms with Gasteiger partial charge in [0.25, 0.3) is 23.6 Å². The number of anilines is 5. The Morgan fingerprint density at radius 2 is 0.719 bits per heavy atom. The summed E-state index contributed by atoms with van der Waals surface area (Å²) in [5, 5.41) is 23.9. The molecule has 30 heteroatoms. The van der Waals surface area contributed by atoms with E-state index in [1.165, 1.54) is 56.2 Å². The first-order valence-electron chi connectivity index (χ1n) is 39.1. The Balaban J connectivity index is 0.000000161. The van der Waals surface area contributed by atoms with Crippen molar-refractivity contribution in [1.82, 2.24) is 5.48 Å². The number of para-hydroxylation sites is 15. The Hall–Kier alpha value is -14.4. The van der Waals surface area contributed by atoms with Crippen LogP contribution in [0, 0.1) is 0 Å². The Bertz CT molecular complexity index is 5770. The molecule has 5 heterocycles. The number of esters is 2. The first kappa shape index (κ1) is 95.9. The van der Waals surface area contributed by atoms with Gasteiger partial charge in [-0.05, 0) is 194 Å². The highest BCUT2D eigenvalue weighted by atomic mass is 79.9. The van der Waals surface area contributed by atoms with Crippen molar-refractivity contribution < 1.29 is 91.3 Å². The summed E-state index contributed by atoms with van der Waals surface area (Å²) in [5.41, 5.74) is 11.2. The molecule has 0 aromatic heterocycles. The lowest BCUT2D eigenvalue weighted by atomic mass is 10.2. The van der Waals surface area contributed by atoms with E-state index in [1.807, 2.05) is 237 Å². The van der Waals surface area contributed by atoms with Crippen LogP contribution in [0.4, 0.5) is 28.4 Å². The fraction of sp³-hybridized carbons (Fsp3) is 0.122. The normalized spacial score (nSPS) is 11.8. The number of benzene rings is 13. The third-order valence-electron chi connectivity index (χ3n) is 18.7. The van der Waals surface area contributed by atoms with Crippen molar-refractivity contribution in [1.29, 1.82) is 0 Å². The van der Waals surface area contributed by atoms with E-state index in [1.54, 1.807) is 80.5 Å². The van der Waals surface area contributed by atoms with Gasteiger partial charge in [-0.15, -0.1) is 0 Å². The molecule has 0 atom stereocenters. The molecule has 13 aromatic rings. The number of hydrogen-bond donors (Lipinski definition) is 5. The molecule has 25 nitrogen and oxygen atoms in total. The summed E-state index contributed by atoms with van der Waals surface area (Å²) in [4.78, 5) is 98.2. The molecule has 5 aliphatic rings. The first-order valence-corrected chi connectivity index (χ1v) is 43.3. The topological polar surface area (TPSA) is 306 Å². The number of ether oxygens (including phenoxy) is 9. The fourth-order valence-corrected chi connectivity index (χ4v) is 12.9. The zero-order chi connectivity index (χ0) is 90.0. The largest absolute Gasteiger partial charge is 0.508 e. The molecule has 128 heavy (non-hydrogen) atoms. The predicted octanol–water partition coefficient (Wildman–Crippen LogP) is 20.8. The van der Waals surface area contributed by atoms with Gasteiger partial charge in [-0.3, -0.25) is 34.0 Å². The van der Waals surface area contributed by atoms with Crippen molar-refractivity contribution in [2.75, 3.05) is 75.9 Å². The van der Waals surface area contributed by atoms with Crippen LogP contribution in [-0.2, 0) is 54.8 Å². The monoisotopic (exact) mass is 1890 g/mol. The number of carbonyl (C=O) groups is 8. The quantitative estimate of drug-likeness (QED) is 0.0201. The summed E-state index contributed by atoms with van der Waals surface area (Å²) in [6.07, 6.45) is 4.08. The van der Waals surface area contributed by atoms with Gasteiger partial charge in [0.1, 0.15) is 46.0 Å². The van der Waals surface area contributed by atoms with E-state index in [0.29, 0.717) is 105 Å². The SMILES string of the molecule is COC(=O)c1ccc(O)cc1.COC(=O)c1ccc(OCC(=O)N2Cc3ccccc3Oc3ccccc32)cc1.CSC.O=C(CBr)N1Cc2ccccc2Oc2ccccc21.O=C(Cl)CBr.O=C(NO)c1ccc(OCC(=O)N2Cc3ccccc3Oc3ccccc32)cc1.O=C1Nc2ccccc2Oc2ccccc21.[B].c1ccc2c(c1)CNc1ccccc1O2.